The topological polar surface area (TPSA) is 55.1 Å². The van der Waals surface area contributed by atoms with Gasteiger partial charge >= 0.3 is 0 Å². The number of hydrogen-bond donors (Lipinski definition) is 2. The molecule has 1 amide bonds. The van der Waals surface area contributed by atoms with Crippen LogP contribution in [0.4, 0.5) is 5.69 Å². The molecule has 122 valence electrons. The minimum atomic E-state index is -0.0902. The van der Waals surface area contributed by atoms with Crippen molar-refractivity contribution in [2.45, 2.75) is 32.6 Å². The number of carbonyl (C=O) groups is 1. The molecule has 0 fully saturated rings. The number of carbonyl (C=O) groups excluding carboxylic acids is 1. The molecule has 0 saturated carbocycles. The van der Waals surface area contributed by atoms with Crippen LogP contribution in [-0.4, -0.2) is 12.5 Å². The summed E-state index contributed by atoms with van der Waals surface area (Å²) in [4.78, 5) is 12.7. The van der Waals surface area contributed by atoms with Gasteiger partial charge in [0.05, 0.1) is 5.92 Å². The Morgan fingerprint density at radius 2 is 1.74 bits per heavy atom. The second-order valence-electron chi connectivity index (χ2n) is 6.06. The van der Waals surface area contributed by atoms with Gasteiger partial charge in [0.2, 0.25) is 5.91 Å². The first-order valence-corrected chi connectivity index (χ1v) is 8.29. The molecule has 23 heavy (non-hydrogen) atoms. The summed E-state index contributed by atoms with van der Waals surface area (Å²) in [7, 11) is 0. The van der Waals surface area contributed by atoms with Crippen molar-refractivity contribution in [3.05, 3.63) is 65.7 Å². The summed E-state index contributed by atoms with van der Waals surface area (Å²) >= 11 is 0. The van der Waals surface area contributed by atoms with Crippen LogP contribution in [0.15, 0.2) is 54.6 Å². The summed E-state index contributed by atoms with van der Waals surface area (Å²) in [5.41, 5.74) is 8.72. The van der Waals surface area contributed by atoms with Gasteiger partial charge in [-0.1, -0.05) is 62.7 Å². The van der Waals surface area contributed by atoms with E-state index < -0.39 is 0 Å². The number of nitrogens with one attached hydrogen (secondary N) is 1. The van der Waals surface area contributed by atoms with Crippen LogP contribution in [0.25, 0.3) is 0 Å². The molecule has 2 rings (SSSR count). The van der Waals surface area contributed by atoms with E-state index in [1.165, 1.54) is 5.56 Å². The number of benzene rings is 2. The van der Waals surface area contributed by atoms with E-state index in [1.54, 1.807) is 0 Å². The van der Waals surface area contributed by atoms with Crippen LogP contribution in [0.1, 0.15) is 37.3 Å². The fourth-order valence-electron chi connectivity index (χ4n) is 2.76. The minimum absolute atomic E-state index is 0.0902. The van der Waals surface area contributed by atoms with E-state index >= 15 is 0 Å². The highest BCUT2D eigenvalue weighted by molar-refractivity contribution is 5.83. The van der Waals surface area contributed by atoms with Crippen molar-refractivity contribution >= 4 is 11.6 Å². The third-order valence-electron chi connectivity index (χ3n) is 4.35. The van der Waals surface area contributed by atoms with E-state index in [0.29, 0.717) is 12.5 Å². The lowest BCUT2D eigenvalue weighted by Crippen LogP contribution is -2.34. The second-order valence-corrected chi connectivity index (χ2v) is 6.06. The van der Waals surface area contributed by atoms with Gasteiger partial charge in [-0.05, 0) is 35.6 Å². The van der Waals surface area contributed by atoms with Gasteiger partial charge in [-0.25, -0.2) is 0 Å². The molecular weight excluding hydrogens is 284 g/mol. The van der Waals surface area contributed by atoms with Crippen LogP contribution in [-0.2, 0) is 11.2 Å². The van der Waals surface area contributed by atoms with Crippen LogP contribution >= 0.6 is 0 Å². The van der Waals surface area contributed by atoms with Gasteiger partial charge in [-0.3, -0.25) is 4.79 Å². The first kappa shape index (κ1) is 17.1. The number of rotatable bonds is 7. The highest BCUT2D eigenvalue weighted by Crippen LogP contribution is 2.27. The van der Waals surface area contributed by atoms with Crippen molar-refractivity contribution in [3.63, 3.8) is 0 Å². The maximum absolute atomic E-state index is 12.7. The molecule has 3 nitrogen and oxygen atoms in total. The first-order chi connectivity index (χ1) is 11.1. The first-order valence-electron chi connectivity index (χ1n) is 8.29. The molecule has 2 aromatic carbocycles. The molecule has 0 saturated heterocycles. The summed E-state index contributed by atoms with van der Waals surface area (Å²) in [5.74, 6) is 0.336. The summed E-state index contributed by atoms with van der Waals surface area (Å²) in [6.45, 7) is 4.90. The molecule has 0 spiro atoms. The van der Waals surface area contributed by atoms with E-state index in [-0.39, 0.29) is 11.8 Å². The second kappa shape index (κ2) is 8.37. The van der Waals surface area contributed by atoms with Crippen molar-refractivity contribution in [3.8, 4) is 0 Å². The predicted octanol–water partition coefficient (Wildman–Crippen LogP) is 3.76. The Labute approximate surface area is 138 Å². The van der Waals surface area contributed by atoms with Crippen molar-refractivity contribution < 1.29 is 4.79 Å². The Bertz CT molecular complexity index is 607. The van der Waals surface area contributed by atoms with Gasteiger partial charge in [0.1, 0.15) is 0 Å². The van der Waals surface area contributed by atoms with Gasteiger partial charge in [0.15, 0.2) is 0 Å². The average Bonchev–Trinajstić information content (AvgIpc) is 2.57. The Balaban J connectivity index is 1.97. The zero-order valence-electron chi connectivity index (χ0n) is 14.0. The van der Waals surface area contributed by atoms with Gasteiger partial charge < -0.3 is 11.1 Å². The molecule has 3 heteroatoms. The smallest absolute Gasteiger partial charge is 0.227 e. The monoisotopic (exact) mass is 310 g/mol. The lowest BCUT2D eigenvalue weighted by atomic mass is 9.85. The predicted molar refractivity (Wildman–Crippen MR) is 96.2 cm³/mol. The highest BCUT2D eigenvalue weighted by Gasteiger charge is 2.25. The van der Waals surface area contributed by atoms with Crippen LogP contribution < -0.4 is 11.1 Å². The normalized spacial score (nSPS) is 13.3. The maximum atomic E-state index is 12.7. The molecule has 0 aromatic heterocycles. The average molecular weight is 310 g/mol. The van der Waals surface area contributed by atoms with Crippen molar-refractivity contribution in [2.75, 3.05) is 12.3 Å². The molecule has 0 aliphatic carbocycles. The molecule has 2 unspecified atom stereocenters. The summed E-state index contributed by atoms with van der Waals surface area (Å²) in [6.07, 6.45) is 1.79. The maximum Gasteiger partial charge on any atom is 0.227 e. The number of amides is 1. The van der Waals surface area contributed by atoms with Crippen LogP contribution in [0.2, 0.25) is 0 Å². The quantitative estimate of drug-likeness (QED) is 0.765. The molecule has 0 heterocycles. The van der Waals surface area contributed by atoms with E-state index in [4.69, 9.17) is 5.73 Å². The van der Waals surface area contributed by atoms with Gasteiger partial charge in [-0.2, -0.15) is 0 Å². The van der Waals surface area contributed by atoms with Crippen LogP contribution in [0.3, 0.4) is 0 Å². The zero-order chi connectivity index (χ0) is 16.7. The lowest BCUT2D eigenvalue weighted by molar-refractivity contribution is -0.123. The van der Waals surface area contributed by atoms with Gasteiger partial charge in [0.25, 0.3) is 0 Å². The SMILES string of the molecule is CCC(C)C(C(=O)NCCc1ccc(N)cc1)c1ccccc1. The Kier molecular flexibility index (Phi) is 6.21. The molecular formula is C20H26N2O. The molecule has 2 aromatic rings. The van der Waals surface area contributed by atoms with E-state index in [9.17, 15) is 4.79 Å². The van der Waals surface area contributed by atoms with Gasteiger partial charge in [0, 0.05) is 12.2 Å². The largest absolute Gasteiger partial charge is 0.399 e. The van der Waals surface area contributed by atoms with Crippen LogP contribution in [0, 0.1) is 5.92 Å². The van der Waals surface area contributed by atoms with E-state index in [0.717, 1.165) is 24.1 Å². The standard InChI is InChI=1S/C20H26N2O/c1-3-15(2)19(17-7-5-4-6-8-17)20(23)22-14-13-16-9-11-18(21)12-10-16/h4-12,15,19H,3,13-14,21H2,1-2H3,(H,22,23). The third kappa shape index (κ3) is 4.85. The summed E-state index contributed by atoms with van der Waals surface area (Å²) < 4.78 is 0. The third-order valence-corrected chi connectivity index (χ3v) is 4.35. The number of anilines is 1. The molecule has 0 aliphatic rings. The number of nitrogens with two attached hydrogens (primary N) is 1. The molecule has 3 N–H and O–H groups in total. The Morgan fingerprint density at radius 1 is 1.09 bits per heavy atom. The van der Waals surface area contributed by atoms with Crippen molar-refractivity contribution in [2.24, 2.45) is 5.92 Å². The van der Waals surface area contributed by atoms with E-state index in [2.05, 4.69) is 19.2 Å². The highest BCUT2D eigenvalue weighted by atomic mass is 16.1. The van der Waals surface area contributed by atoms with Crippen LogP contribution in [0.5, 0.6) is 0 Å². The summed E-state index contributed by atoms with van der Waals surface area (Å²) in [5, 5.41) is 3.09. The Morgan fingerprint density at radius 3 is 2.35 bits per heavy atom. The molecule has 2 atom stereocenters. The Hall–Kier alpha value is -2.29. The lowest BCUT2D eigenvalue weighted by Gasteiger charge is -2.22. The zero-order valence-corrected chi connectivity index (χ0v) is 14.0. The number of nitrogen functional groups attached to an aromatic ring is 1. The van der Waals surface area contributed by atoms with Crippen molar-refractivity contribution in [1.82, 2.24) is 5.32 Å². The molecule has 0 bridgehead atoms. The molecule has 0 aliphatic heterocycles. The van der Waals surface area contributed by atoms with Crippen molar-refractivity contribution in [1.29, 1.82) is 0 Å². The number of hydrogen-bond acceptors (Lipinski definition) is 2. The minimum Gasteiger partial charge on any atom is -0.399 e. The van der Waals surface area contributed by atoms with E-state index in [1.807, 2.05) is 54.6 Å². The summed E-state index contributed by atoms with van der Waals surface area (Å²) in [6, 6.07) is 17.8. The van der Waals surface area contributed by atoms with Gasteiger partial charge in [-0.15, -0.1) is 0 Å². The molecule has 0 radical (unpaired) electrons. The fourth-order valence-corrected chi connectivity index (χ4v) is 2.76. The fraction of sp³-hybridized carbons (Fsp3) is 0.350.